The predicted octanol–water partition coefficient (Wildman–Crippen LogP) is 1.16. The SMILES string of the molecule is Cc1ccc(NC2=[NH+][C@H](C(=O)Nc3ccc(F)c(Cl)c3)CC(=O)N2)cc1. The van der Waals surface area contributed by atoms with Crippen molar-refractivity contribution in [3.8, 4) is 0 Å². The van der Waals surface area contributed by atoms with Crippen LogP contribution in [0.4, 0.5) is 15.8 Å². The van der Waals surface area contributed by atoms with E-state index in [-0.39, 0.29) is 17.4 Å². The van der Waals surface area contributed by atoms with Crippen LogP contribution in [0, 0.1) is 12.7 Å². The number of hydrogen-bond donors (Lipinski definition) is 4. The lowest BCUT2D eigenvalue weighted by atomic mass is 10.1. The van der Waals surface area contributed by atoms with E-state index in [1.807, 2.05) is 31.2 Å². The summed E-state index contributed by atoms with van der Waals surface area (Å²) in [5, 5.41) is 8.20. The van der Waals surface area contributed by atoms with Crippen LogP contribution in [0.3, 0.4) is 0 Å². The number of carbonyl (C=O) groups is 2. The summed E-state index contributed by atoms with van der Waals surface area (Å²) in [4.78, 5) is 27.3. The van der Waals surface area contributed by atoms with Crippen LogP contribution in [0.2, 0.25) is 5.02 Å². The number of halogens is 2. The lowest BCUT2D eigenvalue weighted by Gasteiger charge is -2.17. The lowest BCUT2D eigenvalue weighted by Crippen LogP contribution is -2.89. The molecule has 2 aromatic carbocycles. The Kier molecular flexibility index (Phi) is 5.18. The van der Waals surface area contributed by atoms with Gasteiger partial charge in [0.15, 0.2) is 6.04 Å². The molecule has 6 nitrogen and oxygen atoms in total. The highest BCUT2D eigenvalue weighted by atomic mass is 35.5. The van der Waals surface area contributed by atoms with E-state index in [1.54, 1.807) is 0 Å². The van der Waals surface area contributed by atoms with Crippen LogP contribution in [0.25, 0.3) is 0 Å². The molecule has 1 aliphatic rings. The summed E-state index contributed by atoms with van der Waals surface area (Å²) in [6.07, 6.45) is -0.0279. The van der Waals surface area contributed by atoms with Crippen molar-refractivity contribution in [2.75, 3.05) is 10.6 Å². The molecule has 0 spiro atoms. The summed E-state index contributed by atoms with van der Waals surface area (Å²) in [6.45, 7) is 1.97. The molecule has 0 fully saturated rings. The average molecular weight is 376 g/mol. The van der Waals surface area contributed by atoms with Crippen LogP contribution in [-0.2, 0) is 9.59 Å². The van der Waals surface area contributed by atoms with Crippen LogP contribution in [0.5, 0.6) is 0 Å². The Bertz CT molecular complexity index is 883. The molecule has 0 unspecified atom stereocenters. The van der Waals surface area contributed by atoms with Crippen molar-refractivity contribution in [1.29, 1.82) is 0 Å². The van der Waals surface area contributed by atoms with Gasteiger partial charge >= 0.3 is 5.96 Å². The number of benzene rings is 2. The second kappa shape index (κ2) is 7.53. The molecule has 1 aliphatic heterocycles. The summed E-state index contributed by atoms with van der Waals surface area (Å²) in [5.41, 5.74) is 2.23. The molecular weight excluding hydrogens is 359 g/mol. The number of rotatable bonds is 3. The van der Waals surface area contributed by atoms with Gasteiger partial charge in [-0.15, -0.1) is 0 Å². The zero-order valence-electron chi connectivity index (χ0n) is 13.9. The highest BCUT2D eigenvalue weighted by Crippen LogP contribution is 2.19. The van der Waals surface area contributed by atoms with Gasteiger partial charge in [-0.05, 0) is 37.3 Å². The molecule has 0 aliphatic carbocycles. The number of amides is 2. The number of hydrogen-bond acceptors (Lipinski definition) is 3. The molecule has 3 rings (SSSR count). The van der Waals surface area contributed by atoms with Gasteiger partial charge in [-0.25, -0.2) is 15.0 Å². The maximum Gasteiger partial charge on any atom is 0.356 e. The summed E-state index contributed by atoms with van der Waals surface area (Å²) in [7, 11) is 0. The molecule has 8 heteroatoms. The fourth-order valence-electron chi connectivity index (χ4n) is 2.45. The van der Waals surface area contributed by atoms with Crippen LogP contribution in [-0.4, -0.2) is 23.8 Å². The van der Waals surface area contributed by atoms with E-state index in [0.717, 1.165) is 17.3 Å². The standard InChI is InChI=1S/C18H16ClFN4O2/c1-10-2-4-11(5-3-10)22-18-23-15(9-16(25)24-18)17(26)21-12-6-7-14(20)13(19)8-12/h2-8,15H,9H2,1H3,(H,21,26)(H2,22,23,24,25)/p+1/t15-/m0/s1. The second-order valence-corrected chi connectivity index (χ2v) is 6.34. The first-order valence-corrected chi connectivity index (χ1v) is 8.31. The van der Waals surface area contributed by atoms with Gasteiger partial charge in [-0.1, -0.05) is 29.3 Å². The smallest absolute Gasteiger partial charge is 0.323 e. The Morgan fingerprint density at radius 2 is 1.92 bits per heavy atom. The summed E-state index contributed by atoms with van der Waals surface area (Å²) < 4.78 is 13.2. The van der Waals surface area contributed by atoms with Crippen molar-refractivity contribution in [2.24, 2.45) is 0 Å². The number of guanidine groups is 1. The minimum atomic E-state index is -0.777. The molecule has 2 aromatic rings. The van der Waals surface area contributed by atoms with E-state index in [0.29, 0.717) is 11.6 Å². The topological polar surface area (TPSA) is 84.2 Å². The van der Waals surface area contributed by atoms with Crippen molar-refractivity contribution in [3.63, 3.8) is 0 Å². The van der Waals surface area contributed by atoms with Crippen molar-refractivity contribution in [3.05, 3.63) is 58.9 Å². The average Bonchev–Trinajstić information content (AvgIpc) is 2.60. The molecule has 134 valence electrons. The molecule has 0 saturated heterocycles. The largest absolute Gasteiger partial charge is 0.356 e. The quantitative estimate of drug-likeness (QED) is 0.649. The van der Waals surface area contributed by atoms with Gasteiger partial charge < -0.3 is 5.32 Å². The third-order valence-corrected chi connectivity index (χ3v) is 4.09. The summed E-state index contributed by atoms with van der Waals surface area (Å²) >= 11 is 5.71. The van der Waals surface area contributed by atoms with Crippen molar-refractivity contribution in [1.82, 2.24) is 5.32 Å². The van der Waals surface area contributed by atoms with Crippen LogP contribution in [0.1, 0.15) is 12.0 Å². The van der Waals surface area contributed by atoms with E-state index >= 15 is 0 Å². The first kappa shape index (κ1) is 17.9. The predicted molar refractivity (Wildman–Crippen MR) is 97.4 cm³/mol. The number of carbonyl (C=O) groups excluding carboxylic acids is 2. The van der Waals surface area contributed by atoms with Gasteiger partial charge in [0.05, 0.1) is 17.1 Å². The Labute approximate surface area is 154 Å². The third-order valence-electron chi connectivity index (χ3n) is 3.80. The van der Waals surface area contributed by atoms with Gasteiger partial charge in [0.25, 0.3) is 11.8 Å². The molecule has 2 amide bonds. The zero-order valence-corrected chi connectivity index (χ0v) is 14.7. The highest BCUT2D eigenvalue weighted by Gasteiger charge is 2.31. The Morgan fingerprint density at radius 1 is 1.23 bits per heavy atom. The molecule has 4 N–H and O–H groups in total. The third kappa shape index (κ3) is 4.37. The lowest BCUT2D eigenvalue weighted by molar-refractivity contribution is -0.490. The normalized spacial score (nSPS) is 16.5. The van der Waals surface area contributed by atoms with Gasteiger partial charge in [-0.3, -0.25) is 14.6 Å². The molecule has 0 bridgehead atoms. The second-order valence-electron chi connectivity index (χ2n) is 5.93. The van der Waals surface area contributed by atoms with Crippen LogP contribution in [0.15, 0.2) is 42.5 Å². The molecular formula is C18H17ClFN4O2+. The van der Waals surface area contributed by atoms with E-state index < -0.39 is 17.8 Å². The highest BCUT2D eigenvalue weighted by molar-refractivity contribution is 6.31. The number of nitrogens with one attached hydrogen (secondary N) is 4. The Hall–Kier alpha value is -2.93. The minimum absolute atomic E-state index is 0.0279. The monoisotopic (exact) mass is 375 g/mol. The van der Waals surface area contributed by atoms with Crippen molar-refractivity contribution in [2.45, 2.75) is 19.4 Å². The van der Waals surface area contributed by atoms with E-state index in [4.69, 9.17) is 11.6 Å². The van der Waals surface area contributed by atoms with Crippen LogP contribution >= 0.6 is 11.6 Å². The first-order chi connectivity index (χ1) is 12.4. The van der Waals surface area contributed by atoms with Crippen LogP contribution < -0.4 is 20.9 Å². The molecule has 1 heterocycles. The number of aryl methyl sites for hydroxylation is 1. The van der Waals surface area contributed by atoms with Crippen molar-refractivity contribution >= 4 is 40.7 Å². The molecule has 26 heavy (non-hydrogen) atoms. The Balaban J connectivity index is 1.73. The fraction of sp³-hybridized carbons (Fsp3) is 0.167. The molecule has 0 saturated carbocycles. The van der Waals surface area contributed by atoms with Gasteiger partial charge in [0.1, 0.15) is 5.82 Å². The van der Waals surface area contributed by atoms with Gasteiger partial charge in [0.2, 0.25) is 0 Å². The maximum atomic E-state index is 13.2. The maximum absolute atomic E-state index is 13.2. The minimum Gasteiger partial charge on any atom is -0.323 e. The molecule has 0 aromatic heterocycles. The van der Waals surface area contributed by atoms with E-state index in [2.05, 4.69) is 20.9 Å². The van der Waals surface area contributed by atoms with Gasteiger partial charge in [-0.2, -0.15) is 0 Å². The van der Waals surface area contributed by atoms with Gasteiger partial charge in [0, 0.05) is 5.69 Å². The first-order valence-electron chi connectivity index (χ1n) is 7.93. The fourth-order valence-corrected chi connectivity index (χ4v) is 2.63. The molecule has 1 atom stereocenters. The zero-order chi connectivity index (χ0) is 18.7. The molecule has 0 radical (unpaired) electrons. The number of anilines is 2. The summed E-state index contributed by atoms with van der Waals surface area (Å²) in [6, 6.07) is 10.7. The van der Waals surface area contributed by atoms with E-state index in [1.165, 1.54) is 12.1 Å². The van der Waals surface area contributed by atoms with Crippen molar-refractivity contribution < 1.29 is 19.0 Å². The summed E-state index contributed by atoms with van der Waals surface area (Å²) in [5.74, 6) is -0.971. The van der Waals surface area contributed by atoms with E-state index in [9.17, 15) is 14.0 Å². The Morgan fingerprint density at radius 3 is 2.62 bits per heavy atom.